The predicted octanol–water partition coefficient (Wildman–Crippen LogP) is 2.89. The van der Waals surface area contributed by atoms with E-state index >= 15 is 0 Å². The molecule has 4 rings (SSSR count). The normalized spacial score (nSPS) is 15.2. The highest BCUT2D eigenvalue weighted by molar-refractivity contribution is 6.30. The van der Waals surface area contributed by atoms with Gasteiger partial charge in [0, 0.05) is 28.7 Å². The molecular weight excluding hydrogens is 320 g/mol. The van der Waals surface area contributed by atoms with Gasteiger partial charge in [0.15, 0.2) is 11.6 Å². The largest absolute Gasteiger partial charge is 0.507 e. The van der Waals surface area contributed by atoms with Crippen molar-refractivity contribution >= 4 is 11.6 Å². The van der Waals surface area contributed by atoms with Gasteiger partial charge in [0.1, 0.15) is 11.5 Å². The fourth-order valence-corrected chi connectivity index (χ4v) is 3.58. The highest BCUT2D eigenvalue weighted by atomic mass is 16.5. The van der Waals surface area contributed by atoms with Gasteiger partial charge in [-0.05, 0) is 19.4 Å². The first-order valence-electron chi connectivity index (χ1n) is 8.14. The Hall–Kier alpha value is -3.08. The molecular formula is C20H16O5. The molecule has 0 radical (unpaired) electrons. The van der Waals surface area contributed by atoms with Crippen LogP contribution in [0.3, 0.4) is 0 Å². The van der Waals surface area contributed by atoms with Crippen molar-refractivity contribution < 1.29 is 24.5 Å². The number of aromatic hydroxyl groups is 2. The number of hydrogen-bond acceptors (Lipinski definition) is 5. The summed E-state index contributed by atoms with van der Waals surface area (Å²) in [5.74, 6) is -0.670. The SMILES string of the molecule is CCOC1=CCc2c(O)c3c(c(O)c2C1)C(=O)c1ccccc1C3=O. The van der Waals surface area contributed by atoms with E-state index in [2.05, 4.69) is 0 Å². The van der Waals surface area contributed by atoms with Gasteiger partial charge in [-0.25, -0.2) is 0 Å². The van der Waals surface area contributed by atoms with E-state index < -0.39 is 11.6 Å². The fraction of sp³-hybridized carbons (Fsp3) is 0.200. The third-order valence-corrected chi connectivity index (χ3v) is 4.74. The van der Waals surface area contributed by atoms with Gasteiger partial charge in [-0.15, -0.1) is 0 Å². The molecule has 0 bridgehead atoms. The van der Waals surface area contributed by atoms with E-state index in [0.29, 0.717) is 29.9 Å². The Morgan fingerprint density at radius 2 is 1.52 bits per heavy atom. The van der Waals surface area contributed by atoms with E-state index in [-0.39, 0.29) is 40.2 Å². The summed E-state index contributed by atoms with van der Waals surface area (Å²) in [6, 6.07) is 6.45. The minimum atomic E-state index is -0.451. The molecule has 2 aromatic carbocycles. The highest BCUT2D eigenvalue weighted by Gasteiger charge is 2.38. The molecule has 0 spiro atoms. The Morgan fingerprint density at radius 1 is 0.960 bits per heavy atom. The minimum Gasteiger partial charge on any atom is -0.507 e. The van der Waals surface area contributed by atoms with Crippen molar-refractivity contribution in [2.24, 2.45) is 0 Å². The van der Waals surface area contributed by atoms with E-state index in [4.69, 9.17) is 4.74 Å². The van der Waals surface area contributed by atoms with Gasteiger partial charge in [0.2, 0.25) is 0 Å². The lowest BCUT2D eigenvalue weighted by Gasteiger charge is -2.26. The number of carbonyl (C=O) groups is 2. The summed E-state index contributed by atoms with van der Waals surface area (Å²) in [6.07, 6.45) is 2.43. The average Bonchev–Trinajstić information content (AvgIpc) is 2.63. The third-order valence-electron chi connectivity index (χ3n) is 4.74. The second kappa shape index (κ2) is 5.48. The summed E-state index contributed by atoms with van der Waals surface area (Å²) in [7, 11) is 0. The van der Waals surface area contributed by atoms with Crippen LogP contribution in [0.1, 0.15) is 49.9 Å². The third kappa shape index (κ3) is 2.09. The minimum absolute atomic E-state index is 0.104. The number of ether oxygens (including phenoxy) is 1. The molecule has 126 valence electrons. The lowest BCUT2D eigenvalue weighted by atomic mass is 9.78. The van der Waals surface area contributed by atoms with Gasteiger partial charge >= 0.3 is 0 Å². The van der Waals surface area contributed by atoms with Crippen LogP contribution in [0.15, 0.2) is 36.1 Å². The standard InChI is InChI=1S/C20H16O5/c1-2-25-10-7-8-13-14(9-10)20(24)16-15(19(13)23)17(21)11-5-3-4-6-12(11)18(16)22/h3-7,23-24H,2,8-9H2,1H3. The molecule has 5 nitrogen and oxygen atoms in total. The summed E-state index contributed by atoms with van der Waals surface area (Å²) in [4.78, 5) is 25.7. The number of fused-ring (bicyclic) bond motifs is 3. The maximum absolute atomic E-state index is 12.9. The summed E-state index contributed by atoms with van der Waals surface area (Å²) in [5.41, 5.74) is 1.19. The van der Waals surface area contributed by atoms with Crippen LogP contribution in [-0.2, 0) is 17.6 Å². The Balaban J connectivity index is 1.96. The predicted molar refractivity (Wildman–Crippen MR) is 90.2 cm³/mol. The topological polar surface area (TPSA) is 83.8 Å². The highest BCUT2D eigenvalue weighted by Crippen LogP contribution is 2.45. The summed E-state index contributed by atoms with van der Waals surface area (Å²) >= 11 is 0. The number of benzene rings is 2. The Bertz CT molecular complexity index is 969. The van der Waals surface area contributed by atoms with Gasteiger partial charge in [0.25, 0.3) is 0 Å². The molecule has 5 heteroatoms. The summed E-state index contributed by atoms with van der Waals surface area (Å²) in [6.45, 7) is 2.35. The fourth-order valence-electron chi connectivity index (χ4n) is 3.58. The average molecular weight is 336 g/mol. The Labute approximate surface area is 144 Å². The molecule has 0 saturated heterocycles. The molecule has 2 aliphatic carbocycles. The Morgan fingerprint density at radius 3 is 2.08 bits per heavy atom. The number of phenolic OH excluding ortho intramolecular Hbond substituents is 2. The molecule has 2 aromatic rings. The van der Waals surface area contributed by atoms with E-state index in [1.807, 2.05) is 13.0 Å². The van der Waals surface area contributed by atoms with Gasteiger partial charge in [0.05, 0.1) is 23.5 Å². The molecule has 0 unspecified atom stereocenters. The zero-order valence-electron chi connectivity index (χ0n) is 13.6. The van der Waals surface area contributed by atoms with E-state index in [9.17, 15) is 19.8 Å². The van der Waals surface area contributed by atoms with Crippen LogP contribution in [-0.4, -0.2) is 28.4 Å². The van der Waals surface area contributed by atoms with Crippen LogP contribution in [0.2, 0.25) is 0 Å². The first-order valence-corrected chi connectivity index (χ1v) is 8.14. The summed E-state index contributed by atoms with van der Waals surface area (Å²) in [5, 5.41) is 21.4. The molecule has 0 saturated carbocycles. The summed E-state index contributed by atoms with van der Waals surface area (Å²) < 4.78 is 5.50. The van der Waals surface area contributed by atoms with Crippen LogP contribution in [0.4, 0.5) is 0 Å². The van der Waals surface area contributed by atoms with E-state index in [1.54, 1.807) is 24.3 Å². The quantitative estimate of drug-likeness (QED) is 0.703. The molecule has 0 aliphatic heterocycles. The molecule has 0 aromatic heterocycles. The van der Waals surface area contributed by atoms with Crippen molar-refractivity contribution in [3.8, 4) is 11.5 Å². The van der Waals surface area contributed by atoms with Gasteiger partial charge in [-0.3, -0.25) is 9.59 Å². The van der Waals surface area contributed by atoms with Crippen molar-refractivity contribution in [2.75, 3.05) is 6.61 Å². The molecule has 0 atom stereocenters. The number of phenols is 2. The van der Waals surface area contributed by atoms with Crippen molar-refractivity contribution in [2.45, 2.75) is 19.8 Å². The van der Waals surface area contributed by atoms with Crippen LogP contribution in [0.5, 0.6) is 11.5 Å². The zero-order valence-corrected chi connectivity index (χ0v) is 13.6. The molecule has 2 aliphatic rings. The van der Waals surface area contributed by atoms with Crippen LogP contribution < -0.4 is 0 Å². The number of hydrogen-bond donors (Lipinski definition) is 2. The molecule has 2 N–H and O–H groups in total. The second-order valence-electron chi connectivity index (χ2n) is 6.09. The first-order chi connectivity index (χ1) is 12.0. The molecule has 0 heterocycles. The van der Waals surface area contributed by atoms with Crippen molar-refractivity contribution in [1.29, 1.82) is 0 Å². The maximum atomic E-state index is 12.9. The number of carbonyl (C=O) groups excluding carboxylic acids is 2. The molecule has 25 heavy (non-hydrogen) atoms. The van der Waals surface area contributed by atoms with Crippen LogP contribution >= 0.6 is 0 Å². The first kappa shape index (κ1) is 15.4. The van der Waals surface area contributed by atoms with Crippen LogP contribution in [0.25, 0.3) is 0 Å². The maximum Gasteiger partial charge on any atom is 0.198 e. The number of rotatable bonds is 2. The zero-order chi connectivity index (χ0) is 17.7. The van der Waals surface area contributed by atoms with Gasteiger partial charge in [-0.1, -0.05) is 24.3 Å². The monoisotopic (exact) mass is 336 g/mol. The second-order valence-corrected chi connectivity index (χ2v) is 6.09. The number of allylic oxidation sites excluding steroid dienone is 2. The van der Waals surface area contributed by atoms with E-state index in [0.717, 1.165) is 0 Å². The smallest absolute Gasteiger partial charge is 0.198 e. The van der Waals surface area contributed by atoms with Crippen LogP contribution in [0, 0.1) is 0 Å². The van der Waals surface area contributed by atoms with Gasteiger partial charge < -0.3 is 14.9 Å². The molecule has 0 fully saturated rings. The van der Waals surface area contributed by atoms with Crippen molar-refractivity contribution in [3.63, 3.8) is 0 Å². The molecule has 0 amide bonds. The lowest BCUT2D eigenvalue weighted by molar-refractivity contribution is 0.0973. The van der Waals surface area contributed by atoms with Crippen molar-refractivity contribution in [1.82, 2.24) is 0 Å². The van der Waals surface area contributed by atoms with Crippen molar-refractivity contribution in [3.05, 3.63) is 69.5 Å². The Kier molecular flexibility index (Phi) is 3.39. The van der Waals surface area contributed by atoms with Gasteiger partial charge in [-0.2, -0.15) is 0 Å². The lowest BCUT2D eigenvalue weighted by Crippen LogP contribution is -2.23. The van der Waals surface area contributed by atoms with E-state index in [1.165, 1.54) is 0 Å². The number of ketones is 2.